The van der Waals surface area contributed by atoms with E-state index in [2.05, 4.69) is 9.97 Å². The third-order valence-corrected chi connectivity index (χ3v) is 5.45. The van der Waals surface area contributed by atoms with E-state index in [-0.39, 0.29) is 17.0 Å². The van der Waals surface area contributed by atoms with Gasteiger partial charge in [-0.2, -0.15) is 4.31 Å². The number of aromatic nitrogens is 3. The van der Waals surface area contributed by atoms with Crippen LogP contribution in [0, 0.1) is 0 Å². The second-order valence-corrected chi connectivity index (χ2v) is 7.14. The van der Waals surface area contributed by atoms with Crippen molar-refractivity contribution in [2.75, 3.05) is 13.1 Å². The predicted octanol–water partition coefficient (Wildman–Crippen LogP) is -0.0695. The third kappa shape index (κ3) is 2.57. The van der Waals surface area contributed by atoms with Crippen LogP contribution in [-0.2, 0) is 17.1 Å². The van der Waals surface area contributed by atoms with E-state index in [0.717, 1.165) is 5.56 Å². The molecule has 1 aliphatic heterocycles. The Morgan fingerprint density at radius 1 is 1.38 bits per heavy atom. The van der Waals surface area contributed by atoms with E-state index in [4.69, 9.17) is 5.73 Å². The number of aryl methyl sites for hydroxylation is 1. The van der Waals surface area contributed by atoms with Crippen molar-refractivity contribution in [3.8, 4) is 0 Å². The molecule has 1 saturated heterocycles. The van der Waals surface area contributed by atoms with Gasteiger partial charge in [-0.25, -0.2) is 13.4 Å². The summed E-state index contributed by atoms with van der Waals surface area (Å²) in [6, 6.07) is 3.51. The van der Waals surface area contributed by atoms with Crippen LogP contribution in [0.2, 0.25) is 0 Å². The molecule has 0 radical (unpaired) electrons. The summed E-state index contributed by atoms with van der Waals surface area (Å²) in [6.45, 7) is 0.643. The van der Waals surface area contributed by atoms with Gasteiger partial charge < -0.3 is 10.3 Å². The minimum Gasteiger partial charge on any atom is -0.339 e. The van der Waals surface area contributed by atoms with E-state index in [1.807, 2.05) is 12.1 Å². The molecule has 1 fully saturated rings. The minimum atomic E-state index is -3.59. The van der Waals surface area contributed by atoms with Crippen LogP contribution in [0.5, 0.6) is 0 Å². The Hall–Kier alpha value is -1.77. The molecule has 0 unspecified atom stereocenters. The van der Waals surface area contributed by atoms with Crippen molar-refractivity contribution in [3.63, 3.8) is 0 Å². The molecule has 7 nitrogen and oxygen atoms in total. The van der Waals surface area contributed by atoms with Crippen molar-refractivity contribution in [3.05, 3.63) is 42.6 Å². The molecule has 21 heavy (non-hydrogen) atoms. The first kappa shape index (κ1) is 14.2. The number of nitrogens with zero attached hydrogens (tertiary/aromatic N) is 4. The molecule has 0 aliphatic carbocycles. The average Bonchev–Trinajstić information content (AvgIpc) is 3.07. The number of pyridine rings is 1. The van der Waals surface area contributed by atoms with Gasteiger partial charge in [-0.3, -0.25) is 4.98 Å². The van der Waals surface area contributed by atoms with Gasteiger partial charge in [0.2, 0.25) is 0 Å². The summed E-state index contributed by atoms with van der Waals surface area (Å²) in [7, 11) is -1.85. The van der Waals surface area contributed by atoms with Crippen molar-refractivity contribution in [1.29, 1.82) is 0 Å². The van der Waals surface area contributed by atoms with Crippen LogP contribution in [0.25, 0.3) is 0 Å². The normalized spacial score (nSPS) is 23.5. The fraction of sp³-hybridized carbons (Fsp3) is 0.385. The maximum Gasteiger partial charge on any atom is 0.262 e. The standard InChI is InChI=1S/C13H17N5O2S/c1-17-8-13(16-9-17)21(19,20)18-6-11(12(14)7-18)10-3-2-4-15-5-10/h2-5,8-9,11-12H,6-7,14H2,1H3/t11-,12+/m1/s1. The summed E-state index contributed by atoms with van der Waals surface area (Å²) in [5.74, 6) is -0.0443. The molecule has 2 N–H and O–H groups in total. The molecule has 1 aliphatic rings. The van der Waals surface area contributed by atoms with Gasteiger partial charge in [-0.05, 0) is 11.6 Å². The first-order valence-corrected chi connectivity index (χ1v) is 8.06. The first-order valence-electron chi connectivity index (χ1n) is 6.62. The largest absolute Gasteiger partial charge is 0.339 e. The van der Waals surface area contributed by atoms with Gasteiger partial charge in [0.1, 0.15) is 0 Å². The highest BCUT2D eigenvalue weighted by atomic mass is 32.2. The molecule has 8 heteroatoms. The van der Waals surface area contributed by atoms with Gasteiger partial charge in [0.25, 0.3) is 10.0 Å². The molecule has 0 amide bonds. The highest BCUT2D eigenvalue weighted by Gasteiger charge is 2.39. The quantitative estimate of drug-likeness (QED) is 0.856. The van der Waals surface area contributed by atoms with Crippen LogP contribution in [0.1, 0.15) is 11.5 Å². The predicted molar refractivity (Wildman–Crippen MR) is 76.9 cm³/mol. The molecule has 2 aromatic rings. The number of imidazole rings is 1. The van der Waals surface area contributed by atoms with Crippen molar-refractivity contribution in [1.82, 2.24) is 18.8 Å². The molecular weight excluding hydrogens is 290 g/mol. The number of hydrogen-bond donors (Lipinski definition) is 1. The molecule has 3 heterocycles. The molecule has 0 bridgehead atoms. The summed E-state index contributed by atoms with van der Waals surface area (Å²) in [6.07, 6.45) is 6.40. The number of sulfonamides is 1. The Morgan fingerprint density at radius 3 is 2.81 bits per heavy atom. The van der Waals surface area contributed by atoms with Crippen LogP contribution in [-0.4, -0.2) is 46.4 Å². The van der Waals surface area contributed by atoms with Gasteiger partial charge in [-0.1, -0.05) is 6.07 Å². The van der Waals surface area contributed by atoms with Crippen molar-refractivity contribution in [2.45, 2.75) is 17.0 Å². The van der Waals surface area contributed by atoms with Crippen molar-refractivity contribution in [2.24, 2.45) is 12.8 Å². The molecule has 0 spiro atoms. The van der Waals surface area contributed by atoms with Crippen molar-refractivity contribution < 1.29 is 8.42 Å². The molecule has 2 aromatic heterocycles. The average molecular weight is 307 g/mol. The monoisotopic (exact) mass is 307 g/mol. The number of hydrogen-bond acceptors (Lipinski definition) is 5. The Labute approximate surface area is 123 Å². The Kier molecular flexibility index (Phi) is 3.52. The van der Waals surface area contributed by atoms with E-state index in [0.29, 0.717) is 13.1 Å². The summed E-state index contributed by atoms with van der Waals surface area (Å²) < 4.78 is 28.1. The molecule has 3 rings (SSSR count). The van der Waals surface area contributed by atoms with Crippen LogP contribution in [0.15, 0.2) is 42.1 Å². The maximum absolute atomic E-state index is 12.5. The molecule has 2 atom stereocenters. The zero-order valence-electron chi connectivity index (χ0n) is 11.6. The zero-order valence-corrected chi connectivity index (χ0v) is 12.4. The summed E-state index contributed by atoms with van der Waals surface area (Å²) >= 11 is 0. The smallest absolute Gasteiger partial charge is 0.262 e. The van der Waals surface area contributed by atoms with Crippen molar-refractivity contribution >= 4 is 10.0 Å². The summed E-state index contributed by atoms with van der Waals surface area (Å²) in [5, 5.41) is 0.0593. The van der Waals surface area contributed by atoms with E-state index in [1.165, 1.54) is 16.8 Å². The maximum atomic E-state index is 12.5. The highest BCUT2D eigenvalue weighted by molar-refractivity contribution is 7.89. The fourth-order valence-corrected chi connectivity index (χ4v) is 4.06. The van der Waals surface area contributed by atoms with Crippen LogP contribution in [0.3, 0.4) is 0 Å². The van der Waals surface area contributed by atoms with Crippen LogP contribution < -0.4 is 5.73 Å². The van der Waals surface area contributed by atoms with E-state index in [1.54, 1.807) is 24.0 Å². The van der Waals surface area contributed by atoms with E-state index in [9.17, 15) is 8.42 Å². The lowest BCUT2D eigenvalue weighted by molar-refractivity contribution is 0.467. The van der Waals surface area contributed by atoms with Gasteiger partial charge in [-0.15, -0.1) is 0 Å². The minimum absolute atomic E-state index is 0.0443. The lowest BCUT2D eigenvalue weighted by Gasteiger charge is -2.14. The Bertz CT molecular complexity index is 728. The topological polar surface area (TPSA) is 94.1 Å². The molecule has 0 aromatic carbocycles. The Morgan fingerprint density at radius 2 is 2.19 bits per heavy atom. The molecular formula is C13H17N5O2S. The van der Waals surface area contributed by atoms with E-state index >= 15 is 0 Å². The summed E-state index contributed by atoms with van der Waals surface area (Å²) in [4.78, 5) is 8.01. The highest BCUT2D eigenvalue weighted by Crippen LogP contribution is 2.29. The fourth-order valence-electron chi connectivity index (χ4n) is 2.59. The van der Waals surface area contributed by atoms with Gasteiger partial charge in [0, 0.05) is 50.7 Å². The number of nitrogens with two attached hydrogens (primary N) is 1. The SMILES string of the molecule is Cn1cnc(S(=O)(=O)N2C[C@H](c3cccnc3)[C@@H](N)C2)c1. The lowest BCUT2D eigenvalue weighted by atomic mass is 9.97. The first-order chi connectivity index (χ1) is 9.98. The number of rotatable bonds is 3. The second kappa shape index (κ2) is 5.21. The lowest BCUT2D eigenvalue weighted by Crippen LogP contribution is -2.32. The summed E-state index contributed by atoms with van der Waals surface area (Å²) in [5.41, 5.74) is 7.08. The van der Waals surface area contributed by atoms with E-state index < -0.39 is 10.0 Å². The van der Waals surface area contributed by atoms with Crippen LogP contribution in [0.4, 0.5) is 0 Å². The molecule has 112 valence electrons. The Balaban J connectivity index is 1.86. The van der Waals surface area contributed by atoms with Crippen LogP contribution >= 0.6 is 0 Å². The van der Waals surface area contributed by atoms with Gasteiger partial charge in [0.05, 0.1) is 6.33 Å². The second-order valence-electron chi connectivity index (χ2n) is 5.26. The van der Waals surface area contributed by atoms with Gasteiger partial charge >= 0.3 is 0 Å². The van der Waals surface area contributed by atoms with Gasteiger partial charge in [0.15, 0.2) is 5.03 Å². The molecule has 0 saturated carbocycles. The third-order valence-electron chi connectivity index (χ3n) is 3.73. The zero-order chi connectivity index (χ0) is 15.0.